The summed E-state index contributed by atoms with van der Waals surface area (Å²) in [5.41, 5.74) is 0.398. The zero-order valence-electron chi connectivity index (χ0n) is 15.5. The van der Waals surface area contributed by atoms with Crippen LogP contribution < -0.4 is 0 Å². The Morgan fingerprint density at radius 2 is 1.61 bits per heavy atom. The van der Waals surface area contributed by atoms with Crippen LogP contribution >= 0.6 is 0 Å². The van der Waals surface area contributed by atoms with Crippen molar-refractivity contribution < 1.29 is 14.0 Å². The van der Waals surface area contributed by atoms with E-state index < -0.39 is 13.9 Å². The van der Waals surface area contributed by atoms with E-state index in [1.54, 1.807) is 0 Å². The van der Waals surface area contributed by atoms with Gasteiger partial charge in [-0.05, 0) is 44.5 Å². The quantitative estimate of drug-likeness (QED) is 0.463. The smallest absolute Gasteiger partial charge is 0.311 e. The van der Waals surface area contributed by atoms with E-state index >= 15 is 0 Å². The van der Waals surface area contributed by atoms with Crippen LogP contribution in [0.1, 0.15) is 47.1 Å². The Morgan fingerprint density at radius 1 is 1.09 bits per heavy atom. The molecule has 0 aliphatic carbocycles. The van der Waals surface area contributed by atoms with Gasteiger partial charge >= 0.3 is 5.97 Å². The zero-order chi connectivity index (χ0) is 17.5. The minimum atomic E-state index is -1.87. The van der Waals surface area contributed by atoms with Gasteiger partial charge in [0.15, 0.2) is 8.32 Å². The van der Waals surface area contributed by atoms with Crippen LogP contribution in [-0.4, -0.2) is 20.9 Å². The second-order valence-electron chi connectivity index (χ2n) is 6.29. The Hall–Kier alpha value is -1.13. The Balaban J connectivity index is 3.29. The van der Waals surface area contributed by atoms with Crippen LogP contribution in [0.2, 0.25) is 18.1 Å². The molecule has 3 nitrogen and oxygen atoms in total. The van der Waals surface area contributed by atoms with Crippen molar-refractivity contribution >= 4 is 14.3 Å². The Bertz CT molecular complexity index is 476. The van der Waals surface area contributed by atoms with Gasteiger partial charge in [0.1, 0.15) is 0 Å². The van der Waals surface area contributed by atoms with Gasteiger partial charge in [0.25, 0.3) is 0 Å². The maximum Gasteiger partial charge on any atom is 0.311 e. The molecule has 0 heterocycles. The van der Waals surface area contributed by atoms with Crippen molar-refractivity contribution in [2.75, 3.05) is 6.61 Å². The third kappa shape index (κ3) is 4.45. The SMILES string of the molecule is CCOC(=O)C(C)C(C)(O[Si](CC)(CC)CC)c1ccccc1. The predicted octanol–water partition coefficient (Wildman–Crippen LogP) is 5.12. The van der Waals surface area contributed by atoms with E-state index in [9.17, 15) is 4.79 Å². The van der Waals surface area contributed by atoms with Crippen LogP contribution in [0.5, 0.6) is 0 Å². The molecule has 0 aromatic heterocycles. The molecule has 1 aromatic carbocycles. The molecule has 2 atom stereocenters. The Kier molecular flexibility index (Phi) is 7.48. The van der Waals surface area contributed by atoms with E-state index in [1.807, 2.05) is 39.0 Å². The van der Waals surface area contributed by atoms with Gasteiger partial charge in [-0.3, -0.25) is 4.79 Å². The van der Waals surface area contributed by atoms with Crippen LogP contribution in [0.3, 0.4) is 0 Å². The summed E-state index contributed by atoms with van der Waals surface area (Å²) in [7, 11) is -1.87. The highest BCUT2D eigenvalue weighted by atomic mass is 28.4. The van der Waals surface area contributed by atoms with Crippen molar-refractivity contribution in [3.8, 4) is 0 Å². The summed E-state index contributed by atoms with van der Waals surface area (Å²) < 4.78 is 12.1. The molecular weight excluding hydrogens is 304 g/mol. The maximum absolute atomic E-state index is 12.4. The van der Waals surface area contributed by atoms with Crippen LogP contribution in [0.15, 0.2) is 30.3 Å². The first-order chi connectivity index (χ1) is 10.9. The van der Waals surface area contributed by atoms with Crippen LogP contribution in [0, 0.1) is 5.92 Å². The maximum atomic E-state index is 12.4. The summed E-state index contributed by atoms with van der Waals surface area (Å²) in [5.74, 6) is -0.536. The third-order valence-electron chi connectivity index (χ3n) is 5.17. The van der Waals surface area contributed by atoms with E-state index in [4.69, 9.17) is 9.16 Å². The largest absolute Gasteiger partial charge is 0.466 e. The van der Waals surface area contributed by atoms with Gasteiger partial charge in [-0.1, -0.05) is 51.1 Å². The number of hydrogen-bond donors (Lipinski definition) is 0. The lowest BCUT2D eigenvalue weighted by molar-refractivity contribution is -0.155. The Morgan fingerprint density at radius 3 is 2.04 bits per heavy atom. The molecular formula is C19H32O3Si. The number of ether oxygens (including phenoxy) is 1. The zero-order valence-corrected chi connectivity index (χ0v) is 16.5. The predicted molar refractivity (Wildman–Crippen MR) is 97.9 cm³/mol. The van der Waals surface area contributed by atoms with E-state index in [-0.39, 0.29) is 11.9 Å². The van der Waals surface area contributed by atoms with Crippen LogP contribution in [-0.2, 0) is 19.6 Å². The molecule has 0 amide bonds. The summed E-state index contributed by atoms with van der Waals surface area (Å²) in [4.78, 5) is 12.4. The first-order valence-electron chi connectivity index (χ1n) is 8.81. The first-order valence-corrected chi connectivity index (χ1v) is 11.3. The molecule has 0 aliphatic heterocycles. The number of benzene rings is 1. The van der Waals surface area contributed by atoms with E-state index in [0.717, 1.165) is 23.7 Å². The number of esters is 1. The first kappa shape index (κ1) is 19.9. The van der Waals surface area contributed by atoms with Gasteiger partial charge in [-0.15, -0.1) is 0 Å². The van der Waals surface area contributed by atoms with Crippen molar-refractivity contribution in [3.63, 3.8) is 0 Å². The van der Waals surface area contributed by atoms with Gasteiger partial charge in [0, 0.05) is 0 Å². The highest BCUT2D eigenvalue weighted by Gasteiger charge is 2.45. The molecule has 1 aromatic rings. The van der Waals surface area contributed by atoms with Gasteiger partial charge in [0.05, 0.1) is 18.1 Å². The van der Waals surface area contributed by atoms with E-state index in [1.165, 1.54) is 0 Å². The topological polar surface area (TPSA) is 35.5 Å². The standard InChI is InChI=1S/C19H32O3Si/c1-7-21-18(20)16(5)19(6,17-14-12-11-13-15-17)22-23(8-2,9-3)10-4/h11-16H,7-10H2,1-6H3. The average molecular weight is 337 g/mol. The second-order valence-corrected chi connectivity index (χ2v) is 11.0. The molecule has 0 saturated carbocycles. The van der Waals surface area contributed by atoms with Crippen molar-refractivity contribution in [2.24, 2.45) is 5.92 Å². The summed E-state index contributed by atoms with van der Waals surface area (Å²) in [6.45, 7) is 12.8. The molecule has 0 bridgehead atoms. The Labute approximate surface area is 142 Å². The minimum absolute atomic E-state index is 0.190. The summed E-state index contributed by atoms with van der Waals surface area (Å²) in [6.07, 6.45) is 0. The summed E-state index contributed by atoms with van der Waals surface area (Å²) in [6, 6.07) is 13.3. The molecule has 0 N–H and O–H groups in total. The lowest BCUT2D eigenvalue weighted by atomic mass is 9.84. The number of rotatable bonds is 9. The molecule has 1 rings (SSSR count). The molecule has 130 valence electrons. The number of carbonyl (C=O) groups is 1. The van der Waals surface area contributed by atoms with Gasteiger partial charge < -0.3 is 9.16 Å². The van der Waals surface area contributed by atoms with Crippen molar-refractivity contribution in [1.29, 1.82) is 0 Å². The second kappa shape index (κ2) is 8.64. The fourth-order valence-corrected chi connectivity index (χ4v) is 6.20. The third-order valence-corrected chi connectivity index (χ3v) is 9.90. The highest BCUT2D eigenvalue weighted by molar-refractivity contribution is 6.73. The van der Waals surface area contributed by atoms with Crippen LogP contribution in [0.25, 0.3) is 0 Å². The van der Waals surface area contributed by atoms with Gasteiger partial charge in [-0.2, -0.15) is 0 Å². The number of carbonyl (C=O) groups excluding carboxylic acids is 1. The van der Waals surface area contributed by atoms with Crippen LogP contribution in [0.4, 0.5) is 0 Å². The van der Waals surface area contributed by atoms with E-state index in [2.05, 4.69) is 32.9 Å². The normalized spacial score (nSPS) is 15.7. The van der Waals surface area contributed by atoms with Crippen molar-refractivity contribution in [3.05, 3.63) is 35.9 Å². The highest BCUT2D eigenvalue weighted by Crippen LogP contribution is 2.40. The van der Waals surface area contributed by atoms with Gasteiger partial charge in [-0.25, -0.2) is 0 Å². The summed E-state index contributed by atoms with van der Waals surface area (Å²) in [5, 5.41) is 0. The molecule has 4 heteroatoms. The van der Waals surface area contributed by atoms with E-state index in [0.29, 0.717) is 6.61 Å². The molecule has 0 fully saturated rings. The molecule has 0 aliphatic rings. The fourth-order valence-electron chi connectivity index (χ4n) is 3.07. The molecule has 23 heavy (non-hydrogen) atoms. The lowest BCUT2D eigenvalue weighted by Crippen LogP contribution is -2.49. The number of hydrogen-bond acceptors (Lipinski definition) is 3. The fraction of sp³-hybridized carbons (Fsp3) is 0.632. The molecule has 0 spiro atoms. The van der Waals surface area contributed by atoms with Gasteiger partial charge in [0.2, 0.25) is 0 Å². The molecule has 0 saturated heterocycles. The lowest BCUT2D eigenvalue weighted by Gasteiger charge is -2.43. The monoisotopic (exact) mass is 336 g/mol. The van der Waals surface area contributed by atoms with Crippen molar-refractivity contribution in [2.45, 2.75) is 65.3 Å². The average Bonchev–Trinajstić information content (AvgIpc) is 2.60. The van der Waals surface area contributed by atoms with Crippen molar-refractivity contribution in [1.82, 2.24) is 0 Å². The molecule has 0 radical (unpaired) electrons. The minimum Gasteiger partial charge on any atom is -0.466 e. The summed E-state index contributed by atoms with van der Waals surface area (Å²) >= 11 is 0. The molecule has 2 unspecified atom stereocenters.